The maximum absolute atomic E-state index is 10.8. The van der Waals surface area contributed by atoms with E-state index in [4.69, 9.17) is 9.63 Å². The number of carboxylic acid groups (broad SMARTS) is 1. The van der Waals surface area contributed by atoms with E-state index in [-0.39, 0.29) is 12.4 Å². The number of carboxylic acids is 1. The van der Waals surface area contributed by atoms with Crippen molar-refractivity contribution in [3.8, 4) is 0 Å². The van der Waals surface area contributed by atoms with Crippen LogP contribution in [-0.2, 0) is 17.8 Å². The minimum atomic E-state index is -0.866. The van der Waals surface area contributed by atoms with Crippen molar-refractivity contribution in [1.82, 2.24) is 15.0 Å². The van der Waals surface area contributed by atoms with Crippen LogP contribution in [0.5, 0.6) is 0 Å². The third-order valence-electron chi connectivity index (χ3n) is 2.50. The molecule has 0 spiro atoms. The minimum absolute atomic E-state index is 0. The Labute approximate surface area is 113 Å². The smallest absolute Gasteiger partial charge is 0.320 e. The highest BCUT2D eigenvalue weighted by Crippen LogP contribution is 2.07. The molecule has 0 aliphatic rings. The normalized spacial score (nSPS) is 12.6. The van der Waals surface area contributed by atoms with E-state index in [1.807, 2.05) is 0 Å². The molecule has 7 heteroatoms. The van der Waals surface area contributed by atoms with Crippen LogP contribution in [0, 0.1) is 5.92 Å². The van der Waals surface area contributed by atoms with Gasteiger partial charge in [-0.2, -0.15) is 4.98 Å². The average Bonchev–Trinajstić information content (AvgIpc) is 2.63. The van der Waals surface area contributed by atoms with Crippen molar-refractivity contribution in [2.45, 2.75) is 39.8 Å². The Morgan fingerprint density at radius 2 is 2.06 bits per heavy atom. The Morgan fingerprint density at radius 3 is 2.56 bits per heavy atom. The molecule has 1 heterocycles. The zero-order valence-corrected chi connectivity index (χ0v) is 11.9. The fraction of sp³-hybridized carbons (Fsp3) is 0.727. The van der Waals surface area contributed by atoms with Gasteiger partial charge in [0.05, 0.1) is 6.54 Å². The van der Waals surface area contributed by atoms with E-state index in [0.717, 1.165) is 6.42 Å². The number of aromatic nitrogens is 2. The summed E-state index contributed by atoms with van der Waals surface area (Å²) < 4.78 is 5.07. The predicted molar refractivity (Wildman–Crippen MR) is 68.7 cm³/mol. The third-order valence-corrected chi connectivity index (χ3v) is 2.50. The van der Waals surface area contributed by atoms with Gasteiger partial charge in [0.1, 0.15) is 6.04 Å². The van der Waals surface area contributed by atoms with Gasteiger partial charge in [-0.05, 0) is 19.9 Å². The first-order valence-corrected chi connectivity index (χ1v) is 5.64. The molecule has 1 atom stereocenters. The fourth-order valence-corrected chi connectivity index (χ4v) is 1.34. The molecule has 1 aromatic heterocycles. The Hall–Kier alpha value is -1.14. The van der Waals surface area contributed by atoms with Crippen molar-refractivity contribution >= 4 is 18.4 Å². The molecule has 0 saturated carbocycles. The van der Waals surface area contributed by atoms with Gasteiger partial charge in [0, 0.05) is 6.42 Å². The number of aliphatic carboxylic acids is 1. The number of carbonyl (C=O) groups is 1. The second kappa shape index (κ2) is 7.33. The first-order valence-electron chi connectivity index (χ1n) is 5.64. The first-order chi connectivity index (χ1) is 7.90. The lowest BCUT2D eigenvalue weighted by molar-refractivity contribution is -0.142. The zero-order chi connectivity index (χ0) is 13.0. The van der Waals surface area contributed by atoms with Crippen molar-refractivity contribution in [1.29, 1.82) is 0 Å². The van der Waals surface area contributed by atoms with Crippen molar-refractivity contribution in [2.24, 2.45) is 5.92 Å². The summed E-state index contributed by atoms with van der Waals surface area (Å²) in [5.41, 5.74) is 0. The predicted octanol–water partition coefficient (Wildman–Crippen LogP) is 1.59. The highest BCUT2D eigenvalue weighted by molar-refractivity contribution is 5.85. The lowest BCUT2D eigenvalue weighted by Crippen LogP contribution is -2.35. The summed E-state index contributed by atoms with van der Waals surface area (Å²) in [5.74, 6) is 0.730. The van der Waals surface area contributed by atoms with Crippen LogP contribution in [0.25, 0.3) is 0 Å². The molecule has 0 aromatic carbocycles. The first kappa shape index (κ1) is 16.9. The van der Waals surface area contributed by atoms with Crippen LogP contribution in [0.15, 0.2) is 4.52 Å². The van der Waals surface area contributed by atoms with E-state index < -0.39 is 12.0 Å². The molecule has 1 unspecified atom stereocenters. The highest BCUT2D eigenvalue weighted by atomic mass is 35.5. The van der Waals surface area contributed by atoms with Crippen LogP contribution in [-0.4, -0.2) is 39.2 Å². The molecule has 1 aromatic rings. The van der Waals surface area contributed by atoms with Crippen LogP contribution < -0.4 is 0 Å². The summed E-state index contributed by atoms with van der Waals surface area (Å²) in [6.07, 6.45) is 0.766. The lowest BCUT2D eigenvalue weighted by atomic mass is 10.1. The largest absolute Gasteiger partial charge is 0.480 e. The van der Waals surface area contributed by atoms with Gasteiger partial charge < -0.3 is 9.63 Å². The number of nitrogens with zero attached hydrogens (tertiary/aromatic N) is 3. The molecule has 0 fully saturated rings. The fourth-order valence-electron chi connectivity index (χ4n) is 1.34. The average molecular weight is 278 g/mol. The number of hydrogen-bond donors (Lipinski definition) is 1. The van der Waals surface area contributed by atoms with Crippen LogP contribution >= 0.6 is 12.4 Å². The molecule has 1 rings (SSSR count). The molecular formula is C11H20ClN3O3. The standard InChI is InChI=1S/C11H19N3O3.ClH/c1-7(2)5-9-12-10(17-13-9)6-14(4)8(3)11(15)16;/h7-8H,5-6H2,1-4H3,(H,15,16);1H. The third kappa shape index (κ3) is 5.01. The molecule has 6 nitrogen and oxygen atoms in total. The van der Waals surface area contributed by atoms with Gasteiger partial charge in [0.25, 0.3) is 0 Å². The number of hydrogen-bond acceptors (Lipinski definition) is 5. The van der Waals surface area contributed by atoms with Gasteiger partial charge in [0.2, 0.25) is 5.89 Å². The summed E-state index contributed by atoms with van der Waals surface area (Å²) in [6.45, 7) is 6.12. The van der Waals surface area contributed by atoms with Gasteiger partial charge in [-0.25, -0.2) is 0 Å². The van der Waals surface area contributed by atoms with Gasteiger partial charge in [-0.1, -0.05) is 19.0 Å². The molecule has 0 saturated heterocycles. The quantitative estimate of drug-likeness (QED) is 0.851. The van der Waals surface area contributed by atoms with Crippen LogP contribution in [0.2, 0.25) is 0 Å². The SMILES string of the molecule is CC(C)Cc1noc(CN(C)C(C)C(=O)O)n1.Cl. The molecule has 0 amide bonds. The maximum atomic E-state index is 10.8. The number of halogens is 1. The Balaban J connectivity index is 0.00000289. The Morgan fingerprint density at radius 1 is 1.44 bits per heavy atom. The minimum Gasteiger partial charge on any atom is -0.480 e. The van der Waals surface area contributed by atoms with Gasteiger partial charge >= 0.3 is 5.97 Å². The Bertz CT molecular complexity index is 381. The van der Waals surface area contributed by atoms with E-state index in [0.29, 0.717) is 24.2 Å². The maximum Gasteiger partial charge on any atom is 0.320 e. The molecule has 0 bridgehead atoms. The molecule has 1 N–H and O–H groups in total. The monoisotopic (exact) mass is 277 g/mol. The van der Waals surface area contributed by atoms with Crippen LogP contribution in [0.3, 0.4) is 0 Å². The molecule has 0 aliphatic heterocycles. The van der Waals surface area contributed by atoms with E-state index in [9.17, 15) is 4.79 Å². The van der Waals surface area contributed by atoms with E-state index >= 15 is 0 Å². The summed E-state index contributed by atoms with van der Waals surface area (Å²) in [7, 11) is 1.71. The molecule has 104 valence electrons. The van der Waals surface area contributed by atoms with Gasteiger partial charge in [0.15, 0.2) is 5.82 Å². The number of likely N-dealkylation sites (N-methyl/N-ethyl adjacent to an activating group) is 1. The molecule has 0 radical (unpaired) electrons. The summed E-state index contributed by atoms with van der Waals surface area (Å²) in [5, 5.41) is 12.7. The molecular weight excluding hydrogens is 258 g/mol. The van der Waals surface area contributed by atoms with Gasteiger partial charge in [-0.3, -0.25) is 9.69 Å². The second-order valence-corrected chi connectivity index (χ2v) is 4.63. The van der Waals surface area contributed by atoms with Crippen LogP contribution in [0.1, 0.15) is 32.5 Å². The second-order valence-electron chi connectivity index (χ2n) is 4.63. The van der Waals surface area contributed by atoms with E-state index in [2.05, 4.69) is 24.0 Å². The van der Waals surface area contributed by atoms with E-state index in [1.54, 1.807) is 18.9 Å². The lowest BCUT2D eigenvalue weighted by Gasteiger charge is -2.18. The topological polar surface area (TPSA) is 79.5 Å². The molecule has 0 aliphatic carbocycles. The molecule has 18 heavy (non-hydrogen) atoms. The summed E-state index contributed by atoms with van der Waals surface area (Å²) >= 11 is 0. The van der Waals surface area contributed by atoms with Crippen molar-refractivity contribution in [3.63, 3.8) is 0 Å². The summed E-state index contributed by atoms with van der Waals surface area (Å²) in [6, 6.07) is -0.574. The van der Waals surface area contributed by atoms with Gasteiger partial charge in [-0.15, -0.1) is 12.4 Å². The van der Waals surface area contributed by atoms with Crippen molar-refractivity contribution < 1.29 is 14.4 Å². The van der Waals surface area contributed by atoms with Crippen molar-refractivity contribution in [2.75, 3.05) is 7.05 Å². The number of rotatable bonds is 6. The van der Waals surface area contributed by atoms with Crippen molar-refractivity contribution in [3.05, 3.63) is 11.7 Å². The zero-order valence-electron chi connectivity index (χ0n) is 11.1. The van der Waals surface area contributed by atoms with E-state index in [1.165, 1.54) is 0 Å². The highest BCUT2D eigenvalue weighted by Gasteiger charge is 2.19. The van der Waals surface area contributed by atoms with Crippen LogP contribution in [0.4, 0.5) is 0 Å². The summed E-state index contributed by atoms with van der Waals surface area (Å²) in [4.78, 5) is 16.6. The Kier molecular flexibility index (Phi) is 6.86.